The number of rotatable bonds is 4. The zero-order chi connectivity index (χ0) is 13.2. The highest BCUT2D eigenvalue weighted by Gasteiger charge is 2.19. The van der Waals surface area contributed by atoms with Gasteiger partial charge < -0.3 is 9.09 Å². The maximum atomic E-state index is 5.23. The van der Waals surface area contributed by atoms with Gasteiger partial charge in [0.25, 0.3) is 0 Å². The molecule has 3 aromatic rings. The summed E-state index contributed by atoms with van der Waals surface area (Å²) in [4.78, 5) is 12.5. The molecule has 0 fully saturated rings. The number of hydrogen-bond donors (Lipinski definition) is 1. The van der Waals surface area contributed by atoms with Crippen molar-refractivity contribution in [1.29, 1.82) is 0 Å². The van der Waals surface area contributed by atoms with Crippen molar-refractivity contribution < 1.29 is 4.52 Å². The Balaban J connectivity index is 1.77. The van der Waals surface area contributed by atoms with Gasteiger partial charge in [0.1, 0.15) is 6.33 Å². The van der Waals surface area contributed by atoms with Crippen LogP contribution in [0, 0.1) is 0 Å². The Labute approximate surface area is 112 Å². The Bertz CT molecular complexity index is 659. The van der Waals surface area contributed by atoms with Gasteiger partial charge in [-0.1, -0.05) is 16.9 Å². The van der Waals surface area contributed by atoms with Crippen molar-refractivity contribution in [3.63, 3.8) is 0 Å². The van der Waals surface area contributed by atoms with Crippen molar-refractivity contribution in [3.8, 4) is 11.6 Å². The highest BCUT2D eigenvalue weighted by Crippen LogP contribution is 2.32. The number of hydrogen-bond acceptors (Lipinski definition) is 7. The van der Waals surface area contributed by atoms with Gasteiger partial charge in [-0.3, -0.25) is 5.10 Å². The molecule has 1 atom stereocenters. The molecule has 0 bridgehead atoms. The highest BCUT2D eigenvalue weighted by molar-refractivity contribution is 7.99. The highest BCUT2D eigenvalue weighted by atomic mass is 32.2. The van der Waals surface area contributed by atoms with E-state index in [9.17, 15) is 0 Å². The van der Waals surface area contributed by atoms with E-state index < -0.39 is 0 Å². The lowest BCUT2D eigenvalue weighted by atomic mass is 10.5. The molecule has 1 N–H and O–H groups in total. The van der Waals surface area contributed by atoms with Gasteiger partial charge in [-0.15, -0.1) is 0 Å². The average molecular weight is 277 g/mol. The topological polar surface area (TPSA) is 98.3 Å². The van der Waals surface area contributed by atoms with Gasteiger partial charge in [-0.05, 0) is 6.92 Å². The number of nitrogens with one attached hydrogen (secondary N) is 1. The minimum atomic E-state index is 0.00488. The summed E-state index contributed by atoms with van der Waals surface area (Å²) in [5.74, 6) is 1.42. The van der Waals surface area contributed by atoms with Crippen LogP contribution in [0.4, 0.5) is 0 Å². The summed E-state index contributed by atoms with van der Waals surface area (Å²) in [7, 11) is 1.94. The van der Waals surface area contributed by atoms with Crippen molar-refractivity contribution in [3.05, 3.63) is 24.6 Å². The third-order valence-electron chi connectivity index (χ3n) is 2.48. The monoisotopic (exact) mass is 277 g/mol. The number of imidazole rings is 1. The van der Waals surface area contributed by atoms with Gasteiger partial charge >= 0.3 is 0 Å². The van der Waals surface area contributed by atoms with Crippen molar-refractivity contribution in [2.45, 2.75) is 17.3 Å². The summed E-state index contributed by atoms with van der Waals surface area (Å²) in [5.41, 5.74) is 0. The zero-order valence-electron chi connectivity index (χ0n) is 10.3. The van der Waals surface area contributed by atoms with Gasteiger partial charge in [-0.2, -0.15) is 10.1 Å². The van der Waals surface area contributed by atoms with Crippen LogP contribution in [0.15, 0.2) is 28.4 Å². The summed E-state index contributed by atoms with van der Waals surface area (Å²) in [5, 5.41) is 11.2. The molecule has 0 aliphatic heterocycles. The van der Waals surface area contributed by atoms with E-state index in [1.54, 1.807) is 18.0 Å². The first-order valence-electron chi connectivity index (χ1n) is 5.57. The van der Waals surface area contributed by atoms with E-state index in [2.05, 4.69) is 30.3 Å². The van der Waals surface area contributed by atoms with Crippen LogP contribution < -0.4 is 0 Å². The van der Waals surface area contributed by atoms with Crippen LogP contribution in [0.3, 0.4) is 0 Å². The molecule has 0 saturated carbocycles. The maximum Gasteiger partial charge on any atom is 0.240 e. The predicted octanol–water partition coefficient (Wildman–Crippen LogP) is 1.44. The molecule has 3 rings (SSSR count). The van der Waals surface area contributed by atoms with Crippen LogP contribution in [-0.4, -0.2) is 34.9 Å². The fourth-order valence-electron chi connectivity index (χ4n) is 1.48. The Kier molecular flexibility index (Phi) is 3.03. The summed E-state index contributed by atoms with van der Waals surface area (Å²) in [6, 6.07) is 0. The lowest BCUT2D eigenvalue weighted by molar-refractivity contribution is 0.380. The molecule has 0 unspecified atom stereocenters. The summed E-state index contributed by atoms with van der Waals surface area (Å²) >= 11 is 1.55. The Morgan fingerprint density at radius 2 is 2.32 bits per heavy atom. The molecular formula is C10H11N7OS. The SMILES string of the molecule is C[C@@H](Sc1nccn1C)c1nc(-c2ncn[nH]2)no1. The molecule has 98 valence electrons. The molecule has 0 saturated heterocycles. The van der Waals surface area contributed by atoms with Crippen molar-refractivity contribution >= 4 is 11.8 Å². The quantitative estimate of drug-likeness (QED) is 0.720. The number of nitrogens with zero attached hydrogens (tertiary/aromatic N) is 6. The molecule has 0 amide bonds. The molecular weight excluding hydrogens is 266 g/mol. The van der Waals surface area contributed by atoms with Crippen LogP contribution in [0.25, 0.3) is 11.6 Å². The zero-order valence-corrected chi connectivity index (χ0v) is 11.1. The van der Waals surface area contributed by atoms with Gasteiger partial charge in [0, 0.05) is 19.4 Å². The van der Waals surface area contributed by atoms with Crippen LogP contribution in [0.5, 0.6) is 0 Å². The first kappa shape index (κ1) is 11.9. The number of thioether (sulfide) groups is 1. The van der Waals surface area contributed by atoms with Crippen LogP contribution >= 0.6 is 11.8 Å². The smallest absolute Gasteiger partial charge is 0.240 e. The average Bonchev–Trinajstić information content (AvgIpc) is 3.09. The Morgan fingerprint density at radius 3 is 3.00 bits per heavy atom. The van der Waals surface area contributed by atoms with Crippen molar-refractivity contribution in [2.24, 2.45) is 7.05 Å². The summed E-state index contributed by atoms with van der Waals surface area (Å²) in [6.45, 7) is 1.98. The molecule has 0 aliphatic carbocycles. The second-order valence-corrected chi connectivity index (χ2v) is 5.18. The van der Waals surface area contributed by atoms with Gasteiger partial charge in [0.2, 0.25) is 11.7 Å². The fraction of sp³-hybridized carbons (Fsp3) is 0.300. The van der Waals surface area contributed by atoms with Crippen molar-refractivity contribution in [2.75, 3.05) is 0 Å². The first-order chi connectivity index (χ1) is 9.24. The number of aromatic nitrogens is 7. The lowest BCUT2D eigenvalue weighted by Gasteiger charge is -2.05. The van der Waals surface area contributed by atoms with Gasteiger partial charge in [0.15, 0.2) is 11.0 Å². The van der Waals surface area contributed by atoms with E-state index in [1.807, 2.05) is 24.7 Å². The van der Waals surface area contributed by atoms with Gasteiger partial charge in [-0.25, -0.2) is 9.97 Å². The van der Waals surface area contributed by atoms with Crippen LogP contribution in [0.1, 0.15) is 18.1 Å². The third-order valence-corrected chi connectivity index (χ3v) is 3.63. The molecule has 19 heavy (non-hydrogen) atoms. The Morgan fingerprint density at radius 1 is 1.42 bits per heavy atom. The molecule has 0 aliphatic rings. The minimum Gasteiger partial charge on any atom is -0.338 e. The van der Waals surface area contributed by atoms with E-state index >= 15 is 0 Å². The minimum absolute atomic E-state index is 0.00488. The lowest BCUT2D eigenvalue weighted by Crippen LogP contribution is -1.94. The van der Waals surface area contributed by atoms with E-state index in [0.717, 1.165) is 5.16 Å². The molecule has 0 radical (unpaired) electrons. The third kappa shape index (κ3) is 2.36. The van der Waals surface area contributed by atoms with Crippen LogP contribution in [0.2, 0.25) is 0 Å². The molecule has 0 spiro atoms. The number of H-pyrrole nitrogens is 1. The largest absolute Gasteiger partial charge is 0.338 e. The first-order valence-corrected chi connectivity index (χ1v) is 6.45. The summed E-state index contributed by atoms with van der Waals surface area (Å²) < 4.78 is 7.17. The van der Waals surface area contributed by atoms with Gasteiger partial charge in [0.05, 0.1) is 5.25 Å². The molecule has 9 heteroatoms. The van der Waals surface area contributed by atoms with E-state index in [4.69, 9.17) is 4.52 Å². The van der Waals surface area contributed by atoms with E-state index in [0.29, 0.717) is 17.5 Å². The van der Waals surface area contributed by atoms with Crippen molar-refractivity contribution in [1.82, 2.24) is 34.9 Å². The number of aromatic amines is 1. The maximum absolute atomic E-state index is 5.23. The normalized spacial score (nSPS) is 12.7. The fourth-order valence-corrected chi connectivity index (χ4v) is 2.35. The molecule has 8 nitrogen and oxygen atoms in total. The second-order valence-electron chi connectivity index (χ2n) is 3.87. The standard InChI is InChI=1S/C10H11N7OS/c1-6(19-10-11-3-4-17(10)2)9-14-8(16-18-9)7-12-5-13-15-7/h3-6H,1-2H3,(H,12,13,15)/t6-/m1/s1. The predicted molar refractivity (Wildman–Crippen MR) is 67.2 cm³/mol. The number of aryl methyl sites for hydroxylation is 1. The Hall–Kier alpha value is -2.16. The van der Waals surface area contributed by atoms with E-state index in [1.165, 1.54) is 6.33 Å². The molecule has 0 aromatic carbocycles. The second kappa shape index (κ2) is 4.84. The van der Waals surface area contributed by atoms with E-state index in [-0.39, 0.29) is 5.25 Å². The molecule has 3 heterocycles. The molecule has 3 aromatic heterocycles. The van der Waals surface area contributed by atoms with Crippen LogP contribution in [-0.2, 0) is 7.05 Å². The summed E-state index contributed by atoms with van der Waals surface area (Å²) in [6.07, 6.45) is 5.04.